The molecule has 1 aliphatic heterocycles. The minimum Gasteiger partial charge on any atom is -0.464 e. The summed E-state index contributed by atoms with van der Waals surface area (Å²) < 4.78 is 15.3. The van der Waals surface area contributed by atoms with Crippen molar-refractivity contribution in [1.82, 2.24) is 9.80 Å². The molecular formula is C22H32N2O9. The summed E-state index contributed by atoms with van der Waals surface area (Å²) in [6.45, 7) is 2.73. The van der Waals surface area contributed by atoms with E-state index in [0.717, 1.165) is 19.3 Å². The average molecular weight is 469 g/mol. The number of esters is 3. The molecule has 0 atom stereocenters. The molecule has 4 amide bonds. The Kier molecular flexibility index (Phi) is 9.36. The Morgan fingerprint density at radius 3 is 1.61 bits per heavy atom. The largest absolute Gasteiger partial charge is 0.464 e. The van der Waals surface area contributed by atoms with Gasteiger partial charge in [0.1, 0.15) is 6.61 Å². The van der Waals surface area contributed by atoms with Crippen LogP contribution in [-0.4, -0.2) is 65.6 Å². The zero-order valence-corrected chi connectivity index (χ0v) is 19.4. The first-order valence-corrected chi connectivity index (χ1v) is 11.4. The van der Waals surface area contributed by atoms with Gasteiger partial charge in [0, 0.05) is 19.3 Å². The van der Waals surface area contributed by atoms with Crippen molar-refractivity contribution >= 4 is 35.8 Å². The second-order valence-electron chi connectivity index (χ2n) is 8.07. The van der Waals surface area contributed by atoms with Crippen LogP contribution in [0, 0.1) is 11.3 Å². The van der Waals surface area contributed by atoms with Crippen LogP contribution in [0.5, 0.6) is 0 Å². The van der Waals surface area contributed by atoms with Gasteiger partial charge in [-0.1, -0.05) is 40.0 Å². The molecular weight excluding hydrogens is 436 g/mol. The third-order valence-electron chi connectivity index (χ3n) is 6.05. The van der Waals surface area contributed by atoms with E-state index in [1.54, 1.807) is 20.8 Å². The summed E-state index contributed by atoms with van der Waals surface area (Å²) >= 11 is 0. The quantitative estimate of drug-likeness (QED) is 0.268. The number of carbonyl (C=O) groups excluding carboxylic acids is 6. The number of nitrogens with zero attached hydrogens (tertiary/aromatic N) is 2. The lowest BCUT2D eigenvalue weighted by Gasteiger charge is -2.47. The predicted octanol–water partition coefficient (Wildman–Crippen LogP) is 2.12. The van der Waals surface area contributed by atoms with Crippen molar-refractivity contribution in [3.8, 4) is 0 Å². The highest BCUT2D eigenvalue weighted by molar-refractivity contribution is 6.19. The van der Waals surface area contributed by atoms with E-state index >= 15 is 0 Å². The van der Waals surface area contributed by atoms with Crippen LogP contribution < -0.4 is 0 Å². The number of amides is 4. The van der Waals surface area contributed by atoms with E-state index in [9.17, 15) is 28.8 Å². The van der Waals surface area contributed by atoms with Gasteiger partial charge in [-0.05, 0) is 18.8 Å². The molecule has 0 aromatic heterocycles. The topological polar surface area (TPSA) is 137 Å². The molecule has 2 fully saturated rings. The third-order valence-corrected chi connectivity index (χ3v) is 6.05. The SMILES string of the molecule is CCC(=O)OCN1C(=O)N(COC(=O)CC)C(=O)C(COC(=O)CC)(C2CCCCC2)C1=O. The van der Waals surface area contributed by atoms with Crippen molar-refractivity contribution in [3.63, 3.8) is 0 Å². The summed E-state index contributed by atoms with van der Waals surface area (Å²) in [5, 5.41) is 0. The molecule has 2 aliphatic rings. The van der Waals surface area contributed by atoms with E-state index in [1.165, 1.54) is 0 Å². The lowest BCUT2D eigenvalue weighted by Crippen LogP contribution is -2.69. The lowest BCUT2D eigenvalue weighted by atomic mass is 9.66. The molecule has 33 heavy (non-hydrogen) atoms. The summed E-state index contributed by atoms with van der Waals surface area (Å²) in [5.41, 5.74) is -1.88. The summed E-state index contributed by atoms with van der Waals surface area (Å²) in [7, 11) is 0. The van der Waals surface area contributed by atoms with E-state index in [4.69, 9.17) is 14.2 Å². The number of urea groups is 1. The molecule has 1 aliphatic carbocycles. The number of barbiturate groups is 1. The van der Waals surface area contributed by atoms with E-state index in [2.05, 4.69) is 0 Å². The van der Waals surface area contributed by atoms with Crippen molar-refractivity contribution in [1.29, 1.82) is 0 Å². The number of rotatable bonds is 10. The number of hydrogen-bond acceptors (Lipinski definition) is 9. The van der Waals surface area contributed by atoms with Crippen molar-refractivity contribution in [2.24, 2.45) is 11.3 Å². The molecule has 0 N–H and O–H groups in total. The monoisotopic (exact) mass is 468 g/mol. The van der Waals surface area contributed by atoms with Crippen molar-refractivity contribution in [3.05, 3.63) is 0 Å². The van der Waals surface area contributed by atoms with E-state index in [1.807, 2.05) is 0 Å². The molecule has 0 radical (unpaired) electrons. The van der Waals surface area contributed by atoms with E-state index in [0.29, 0.717) is 22.6 Å². The molecule has 2 rings (SSSR count). The third kappa shape index (κ3) is 5.69. The Hall–Kier alpha value is -2.98. The fourth-order valence-electron chi connectivity index (χ4n) is 4.08. The molecule has 11 heteroatoms. The van der Waals surface area contributed by atoms with Gasteiger partial charge in [-0.3, -0.25) is 24.0 Å². The fraction of sp³-hybridized carbons (Fsp3) is 0.727. The maximum absolute atomic E-state index is 13.7. The molecule has 1 heterocycles. The molecule has 0 spiro atoms. The van der Waals surface area contributed by atoms with Gasteiger partial charge in [-0.2, -0.15) is 0 Å². The normalized spacial score (nSPS) is 18.8. The predicted molar refractivity (Wildman–Crippen MR) is 112 cm³/mol. The van der Waals surface area contributed by atoms with E-state index < -0.39 is 67.2 Å². The maximum atomic E-state index is 13.7. The van der Waals surface area contributed by atoms with Crippen molar-refractivity contribution in [2.75, 3.05) is 20.1 Å². The average Bonchev–Trinajstić information content (AvgIpc) is 2.83. The minimum absolute atomic E-state index is 0.0227. The molecule has 11 nitrogen and oxygen atoms in total. The summed E-state index contributed by atoms with van der Waals surface area (Å²) in [5.74, 6) is -4.15. The van der Waals surface area contributed by atoms with Crippen LogP contribution in [0.15, 0.2) is 0 Å². The maximum Gasteiger partial charge on any atom is 0.339 e. The van der Waals surface area contributed by atoms with Crippen molar-refractivity contribution < 1.29 is 43.0 Å². The Balaban J connectivity index is 2.50. The van der Waals surface area contributed by atoms with Gasteiger partial charge in [0.25, 0.3) is 11.8 Å². The van der Waals surface area contributed by atoms with E-state index in [-0.39, 0.29) is 19.3 Å². The second-order valence-corrected chi connectivity index (χ2v) is 8.07. The molecule has 0 bridgehead atoms. The molecule has 0 aromatic carbocycles. The standard InChI is InChI=1S/C22H32N2O9/c1-4-16(25)31-12-22(15-10-8-7-9-11-15)19(28)23(13-32-17(26)5-2)21(30)24(20(22)29)14-33-18(27)6-3/h15H,4-14H2,1-3H3. The lowest BCUT2D eigenvalue weighted by molar-refractivity contribution is -0.180. The van der Waals surface area contributed by atoms with Gasteiger partial charge in [-0.15, -0.1) is 0 Å². The Morgan fingerprint density at radius 1 is 0.758 bits per heavy atom. The highest BCUT2D eigenvalue weighted by Crippen LogP contribution is 2.44. The highest BCUT2D eigenvalue weighted by Gasteiger charge is 2.62. The molecule has 1 saturated heterocycles. The fourth-order valence-corrected chi connectivity index (χ4v) is 4.08. The van der Waals surface area contributed by atoms with Gasteiger partial charge >= 0.3 is 23.9 Å². The van der Waals surface area contributed by atoms with Crippen LogP contribution in [0.4, 0.5) is 4.79 Å². The summed E-state index contributed by atoms with van der Waals surface area (Å²) in [6.07, 6.45) is 3.57. The number of carbonyl (C=O) groups is 6. The van der Waals surface area contributed by atoms with Crippen LogP contribution in [0.2, 0.25) is 0 Å². The minimum atomic E-state index is -1.88. The summed E-state index contributed by atoms with van der Waals surface area (Å²) in [6, 6.07) is -1.06. The molecule has 1 saturated carbocycles. The number of ether oxygens (including phenoxy) is 3. The van der Waals surface area contributed by atoms with Gasteiger partial charge in [0.2, 0.25) is 0 Å². The first kappa shape index (κ1) is 26.3. The van der Waals surface area contributed by atoms with Gasteiger partial charge < -0.3 is 14.2 Å². The Morgan fingerprint density at radius 2 is 1.18 bits per heavy atom. The van der Waals surface area contributed by atoms with Crippen molar-refractivity contribution in [2.45, 2.75) is 72.1 Å². The summed E-state index contributed by atoms with van der Waals surface area (Å²) in [4.78, 5) is 77.0. The smallest absolute Gasteiger partial charge is 0.339 e. The molecule has 0 unspecified atom stereocenters. The second kappa shape index (κ2) is 11.8. The first-order valence-electron chi connectivity index (χ1n) is 11.4. The molecule has 184 valence electrons. The molecule has 0 aromatic rings. The Bertz CT molecular complexity index is 747. The zero-order chi connectivity index (χ0) is 24.6. The zero-order valence-electron chi connectivity index (χ0n) is 19.4. The highest BCUT2D eigenvalue weighted by atomic mass is 16.6. The van der Waals surface area contributed by atoms with Crippen LogP contribution in [0.3, 0.4) is 0 Å². The van der Waals surface area contributed by atoms with Gasteiger partial charge in [0.15, 0.2) is 18.9 Å². The van der Waals surface area contributed by atoms with Crippen LogP contribution >= 0.6 is 0 Å². The first-order chi connectivity index (χ1) is 15.7. The van der Waals surface area contributed by atoms with Crippen LogP contribution in [-0.2, 0) is 38.2 Å². The van der Waals surface area contributed by atoms with Gasteiger partial charge in [0.05, 0.1) is 0 Å². The van der Waals surface area contributed by atoms with Crippen LogP contribution in [0.25, 0.3) is 0 Å². The van der Waals surface area contributed by atoms with Gasteiger partial charge in [-0.25, -0.2) is 14.6 Å². The number of hydrogen-bond donors (Lipinski definition) is 0. The Labute approximate surface area is 192 Å². The van der Waals surface area contributed by atoms with Crippen LogP contribution in [0.1, 0.15) is 72.1 Å². The number of imide groups is 2.